The fraction of sp³-hybridized carbons (Fsp3) is 0.762. The quantitative estimate of drug-likeness (QED) is 0.794. The SMILES string of the molecule is Cc1cnc(CN2CC3(CCC2=O)CCN(CCC2CCOC2)CC3)cn1. The molecule has 0 N–H and O–H groups in total. The third-order valence-electron chi connectivity index (χ3n) is 6.73. The van der Waals surface area contributed by atoms with Crippen LogP contribution in [0.3, 0.4) is 0 Å². The van der Waals surface area contributed by atoms with Crippen LogP contribution in [0.25, 0.3) is 0 Å². The van der Waals surface area contributed by atoms with Crippen molar-refractivity contribution in [2.75, 3.05) is 39.4 Å². The van der Waals surface area contributed by atoms with E-state index >= 15 is 0 Å². The first kappa shape index (κ1) is 18.8. The molecule has 3 aliphatic heterocycles. The van der Waals surface area contributed by atoms with Crippen LogP contribution in [0, 0.1) is 18.3 Å². The van der Waals surface area contributed by atoms with Gasteiger partial charge in [-0.3, -0.25) is 14.8 Å². The summed E-state index contributed by atoms with van der Waals surface area (Å²) in [6.45, 7) is 8.85. The van der Waals surface area contributed by atoms with Gasteiger partial charge in [0, 0.05) is 32.4 Å². The van der Waals surface area contributed by atoms with Gasteiger partial charge in [-0.2, -0.15) is 0 Å². The minimum atomic E-state index is 0.270. The van der Waals surface area contributed by atoms with Crippen molar-refractivity contribution in [3.8, 4) is 0 Å². The summed E-state index contributed by atoms with van der Waals surface area (Å²) in [6, 6.07) is 0. The molecule has 1 amide bonds. The molecule has 1 spiro atoms. The predicted molar refractivity (Wildman–Crippen MR) is 103 cm³/mol. The first-order chi connectivity index (χ1) is 13.1. The Bertz CT molecular complexity index is 634. The van der Waals surface area contributed by atoms with Crippen molar-refractivity contribution in [2.45, 2.75) is 52.0 Å². The minimum absolute atomic E-state index is 0.270. The van der Waals surface area contributed by atoms with E-state index in [2.05, 4.69) is 14.9 Å². The molecule has 3 fully saturated rings. The molecule has 6 nitrogen and oxygen atoms in total. The highest BCUT2D eigenvalue weighted by Crippen LogP contribution is 2.40. The molecule has 27 heavy (non-hydrogen) atoms. The average molecular weight is 373 g/mol. The molecule has 1 aromatic heterocycles. The molecule has 0 bridgehead atoms. The van der Waals surface area contributed by atoms with Crippen molar-refractivity contribution in [2.24, 2.45) is 11.3 Å². The van der Waals surface area contributed by atoms with Gasteiger partial charge in [0.25, 0.3) is 0 Å². The second-order valence-corrected chi connectivity index (χ2v) is 8.76. The summed E-state index contributed by atoms with van der Waals surface area (Å²) in [6.07, 6.45) is 10.2. The Morgan fingerprint density at radius 3 is 2.78 bits per heavy atom. The van der Waals surface area contributed by atoms with E-state index in [0.29, 0.717) is 18.4 Å². The highest BCUT2D eigenvalue weighted by Gasteiger charge is 2.41. The van der Waals surface area contributed by atoms with Gasteiger partial charge in [0.15, 0.2) is 0 Å². The molecule has 4 heterocycles. The molecular formula is C21H32N4O2. The second kappa shape index (κ2) is 8.23. The standard InChI is InChI=1S/C21H32N4O2/c1-17-12-23-19(13-22-17)14-25-16-21(5-2-20(25)26)6-9-24(10-7-21)8-3-18-4-11-27-15-18/h12-13,18H,2-11,14-16H2,1H3. The van der Waals surface area contributed by atoms with Crippen molar-refractivity contribution in [3.63, 3.8) is 0 Å². The Kier molecular flexibility index (Phi) is 5.74. The van der Waals surface area contributed by atoms with Gasteiger partial charge in [0.05, 0.1) is 24.1 Å². The van der Waals surface area contributed by atoms with Gasteiger partial charge in [0.1, 0.15) is 0 Å². The molecule has 0 aromatic carbocycles. The zero-order chi connectivity index (χ0) is 18.7. The number of nitrogens with zero attached hydrogens (tertiary/aromatic N) is 4. The molecule has 1 unspecified atom stereocenters. The number of amides is 1. The van der Waals surface area contributed by atoms with Crippen LogP contribution in [0.15, 0.2) is 12.4 Å². The third kappa shape index (κ3) is 4.66. The van der Waals surface area contributed by atoms with Crippen LogP contribution in [0.2, 0.25) is 0 Å². The summed E-state index contributed by atoms with van der Waals surface area (Å²) in [7, 11) is 0. The normalized spacial score (nSPS) is 26.0. The Morgan fingerprint density at radius 2 is 2.07 bits per heavy atom. The molecule has 3 aliphatic rings. The minimum Gasteiger partial charge on any atom is -0.381 e. The number of hydrogen-bond acceptors (Lipinski definition) is 5. The highest BCUT2D eigenvalue weighted by atomic mass is 16.5. The van der Waals surface area contributed by atoms with E-state index in [0.717, 1.165) is 43.5 Å². The fourth-order valence-corrected chi connectivity index (χ4v) is 4.78. The van der Waals surface area contributed by atoms with Crippen molar-refractivity contribution < 1.29 is 9.53 Å². The average Bonchev–Trinajstić information content (AvgIpc) is 3.20. The Labute approximate surface area is 162 Å². The maximum absolute atomic E-state index is 12.5. The predicted octanol–water partition coefficient (Wildman–Crippen LogP) is 2.42. The second-order valence-electron chi connectivity index (χ2n) is 8.76. The zero-order valence-corrected chi connectivity index (χ0v) is 16.5. The summed E-state index contributed by atoms with van der Waals surface area (Å²) in [4.78, 5) is 25.9. The van der Waals surface area contributed by atoms with Gasteiger partial charge >= 0.3 is 0 Å². The molecular weight excluding hydrogens is 340 g/mol. The number of rotatable bonds is 5. The largest absolute Gasteiger partial charge is 0.381 e. The summed E-state index contributed by atoms with van der Waals surface area (Å²) in [5.74, 6) is 1.03. The van der Waals surface area contributed by atoms with Crippen LogP contribution in [0.5, 0.6) is 0 Å². The van der Waals surface area contributed by atoms with E-state index in [1.807, 2.05) is 11.8 Å². The Balaban J connectivity index is 1.29. The van der Waals surface area contributed by atoms with Crippen LogP contribution in [0.1, 0.15) is 49.9 Å². The van der Waals surface area contributed by atoms with Gasteiger partial charge in [0.2, 0.25) is 5.91 Å². The maximum atomic E-state index is 12.5. The van der Waals surface area contributed by atoms with Crippen molar-refractivity contribution in [3.05, 3.63) is 23.8 Å². The Morgan fingerprint density at radius 1 is 1.22 bits per heavy atom. The van der Waals surface area contributed by atoms with Crippen LogP contribution in [-0.2, 0) is 16.1 Å². The van der Waals surface area contributed by atoms with E-state index in [9.17, 15) is 4.79 Å². The van der Waals surface area contributed by atoms with Gasteiger partial charge in [-0.05, 0) is 70.0 Å². The van der Waals surface area contributed by atoms with Crippen LogP contribution in [0.4, 0.5) is 0 Å². The van der Waals surface area contributed by atoms with Gasteiger partial charge in [-0.25, -0.2) is 0 Å². The van der Waals surface area contributed by atoms with Crippen LogP contribution in [-0.4, -0.2) is 65.1 Å². The van der Waals surface area contributed by atoms with E-state index in [-0.39, 0.29) is 5.91 Å². The number of piperidine rings is 2. The number of hydrogen-bond donors (Lipinski definition) is 0. The number of likely N-dealkylation sites (tertiary alicyclic amines) is 2. The maximum Gasteiger partial charge on any atom is 0.222 e. The van der Waals surface area contributed by atoms with Gasteiger partial charge in [-0.1, -0.05) is 0 Å². The fourth-order valence-electron chi connectivity index (χ4n) is 4.78. The topological polar surface area (TPSA) is 58.6 Å². The molecule has 1 aromatic rings. The lowest BCUT2D eigenvalue weighted by Crippen LogP contribution is -2.51. The number of carbonyl (C=O) groups is 1. The molecule has 148 valence electrons. The molecule has 1 atom stereocenters. The summed E-state index contributed by atoms with van der Waals surface area (Å²) >= 11 is 0. The third-order valence-corrected chi connectivity index (χ3v) is 6.73. The molecule has 0 radical (unpaired) electrons. The highest BCUT2D eigenvalue weighted by molar-refractivity contribution is 5.77. The lowest BCUT2D eigenvalue weighted by Gasteiger charge is -2.47. The number of carbonyl (C=O) groups excluding carboxylic acids is 1. The van der Waals surface area contributed by atoms with Crippen molar-refractivity contribution in [1.29, 1.82) is 0 Å². The van der Waals surface area contributed by atoms with Gasteiger partial charge < -0.3 is 14.5 Å². The summed E-state index contributed by atoms with van der Waals surface area (Å²) in [5, 5.41) is 0. The van der Waals surface area contributed by atoms with E-state index in [4.69, 9.17) is 4.74 Å². The molecule has 6 heteroatoms. The molecule has 0 saturated carbocycles. The lowest BCUT2D eigenvalue weighted by atomic mass is 9.72. The lowest BCUT2D eigenvalue weighted by molar-refractivity contribution is -0.140. The number of aryl methyl sites for hydroxylation is 1. The van der Waals surface area contributed by atoms with E-state index < -0.39 is 0 Å². The van der Waals surface area contributed by atoms with E-state index in [1.54, 1.807) is 12.4 Å². The first-order valence-corrected chi connectivity index (χ1v) is 10.5. The zero-order valence-electron chi connectivity index (χ0n) is 16.5. The van der Waals surface area contributed by atoms with Crippen LogP contribution < -0.4 is 0 Å². The van der Waals surface area contributed by atoms with Crippen molar-refractivity contribution in [1.82, 2.24) is 19.8 Å². The van der Waals surface area contributed by atoms with Gasteiger partial charge in [-0.15, -0.1) is 0 Å². The van der Waals surface area contributed by atoms with E-state index in [1.165, 1.54) is 45.3 Å². The molecule has 0 aliphatic carbocycles. The summed E-state index contributed by atoms with van der Waals surface area (Å²) < 4.78 is 5.50. The first-order valence-electron chi connectivity index (χ1n) is 10.5. The Hall–Kier alpha value is -1.53. The number of aromatic nitrogens is 2. The smallest absolute Gasteiger partial charge is 0.222 e. The monoisotopic (exact) mass is 372 g/mol. The molecule has 4 rings (SSSR count). The molecule has 3 saturated heterocycles. The number of ether oxygens (including phenoxy) is 1. The van der Waals surface area contributed by atoms with Crippen LogP contribution >= 0.6 is 0 Å². The van der Waals surface area contributed by atoms with Crippen molar-refractivity contribution >= 4 is 5.91 Å². The summed E-state index contributed by atoms with van der Waals surface area (Å²) in [5.41, 5.74) is 2.11.